The molecule has 10 heteroatoms. The van der Waals surface area contributed by atoms with Gasteiger partial charge in [0.05, 0.1) is 16.3 Å². The first-order valence-corrected chi connectivity index (χ1v) is 8.46. The summed E-state index contributed by atoms with van der Waals surface area (Å²) >= 11 is 17.2. The van der Waals surface area contributed by atoms with Crippen LogP contribution in [0.15, 0.2) is 41.3 Å². The van der Waals surface area contributed by atoms with E-state index >= 15 is 0 Å². The lowest BCUT2D eigenvalue weighted by Crippen LogP contribution is -2.15. The molecule has 3 nitrogen and oxygen atoms in total. The molecule has 1 N–H and O–H groups in total. The van der Waals surface area contributed by atoms with E-state index in [2.05, 4.69) is 4.72 Å². The van der Waals surface area contributed by atoms with Gasteiger partial charge in [-0.2, -0.15) is 13.2 Å². The highest BCUT2D eigenvalue weighted by atomic mass is 35.5. The van der Waals surface area contributed by atoms with Crippen molar-refractivity contribution in [2.75, 3.05) is 4.72 Å². The van der Waals surface area contributed by atoms with E-state index in [1.165, 1.54) is 18.2 Å². The zero-order valence-corrected chi connectivity index (χ0v) is 14.0. The van der Waals surface area contributed by atoms with Gasteiger partial charge in [-0.1, -0.05) is 34.8 Å². The number of sulfonamides is 1. The van der Waals surface area contributed by atoms with Crippen LogP contribution in [0, 0.1) is 0 Å². The van der Waals surface area contributed by atoms with Gasteiger partial charge in [0.1, 0.15) is 4.90 Å². The molecule has 0 aliphatic rings. The van der Waals surface area contributed by atoms with E-state index in [-0.39, 0.29) is 20.8 Å². The zero-order chi connectivity index (χ0) is 17.4. The molecule has 0 radical (unpaired) electrons. The van der Waals surface area contributed by atoms with Gasteiger partial charge in [-0.05, 0) is 36.4 Å². The number of hydrogen-bond acceptors (Lipinski definition) is 2. The molecule has 23 heavy (non-hydrogen) atoms. The van der Waals surface area contributed by atoms with Gasteiger partial charge in [0.2, 0.25) is 0 Å². The molecule has 0 unspecified atom stereocenters. The Morgan fingerprint density at radius 3 is 2.00 bits per heavy atom. The second-order valence-corrected chi connectivity index (χ2v) is 7.34. The number of alkyl halides is 3. The van der Waals surface area contributed by atoms with Gasteiger partial charge in [0.15, 0.2) is 0 Å². The lowest BCUT2D eigenvalue weighted by Gasteiger charge is -2.13. The van der Waals surface area contributed by atoms with Crippen molar-refractivity contribution in [1.82, 2.24) is 0 Å². The fourth-order valence-corrected chi connectivity index (χ4v) is 3.80. The predicted octanol–water partition coefficient (Wildman–Crippen LogP) is 5.47. The fourth-order valence-electron chi connectivity index (χ4n) is 1.71. The summed E-state index contributed by atoms with van der Waals surface area (Å²) in [5.74, 6) is 0. The molecule has 0 aliphatic carbocycles. The van der Waals surface area contributed by atoms with E-state index in [4.69, 9.17) is 34.8 Å². The van der Waals surface area contributed by atoms with Crippen molar-refractivity contribution < 1.29 is 21.6 Å². The topological polar surface area (TPSA) is 46.2 Å². The highest BCUT2D eigenvalue weighted by Crippen LogP contribution is 2.34. The maximum absolute atomic E-state index is 12.7. The standard InChI is InChI=1S/C13H7Cl3F3NO2S/c14-8-4-9(15)6-10(5-8)20-23(21,22)12-3-7(13(17,18)19)1-2-11(12)16/h1-6,20H. The first-order chi connectivity index (χ1) is 10.5. The van der Waals surface area contributed by atoms with E-state index in [0.29, 0.717) is 12.1 Å². The normalized spacial score (nSPS) is 12.3. The summed E-state index contributed by atoms with van der Waals surface area (Å²) in [7, 11) is -4.36. The molecule has 0 saturated carbocycles. The van der Waals surface area contributed by atoms with Crippen molar-refractivity contribution in [2.24, 2.45) is 0 Å². The molecular weight excluding hydrogens is 398 g/mol. The van der Waals surface area contributed by atoms with Crippen LogP contribution in [0.25, 0.3) is 0 Å². The van der Waals surface area contributed by atoms with Crippen LogP contribution in [0.2, 0.25) is 15.1 Å². The number of rotatable bonds is 3. The Kier molecular flexibility index (Phi) is 5.06. The summed E-state index contributed by atoms with van der Waals surface area (Å²) in [5, 5.41) is -0.0331. The number of nitrogens with one attached hydrogen (secondary N) is 1. The van der Waals surface area contributed by atoms with Gasteiger partial charge in [-0.15, -0.1) is 0 Å². The van der Waals surface area contributed by atoms with Crippen LogP contribution >= 0.6 is 34.8 Å². The second-order valence-electron chi connectivity index (χ2n) is 4.41. The quantitative estimate of drug-likeness (QED) is 0.738. The molecule has 2 rings (SSSR count). The first kappa shape index (κ1) is 18.2. The van der Waals surface area contributed by atoms with Crippen molar-refractivity contribution in [3.8, 4) is 0 Å². The monoisotopic (exact) mass is 403 g/mol. The fraction of sp³-hybridized carbons (Fsp3) is 0.0769. The molecule has 0 bridgehead atoms. The number of benzene rings is 2. The minimum Gasteiger partial charge on any atom is -0.279 e. The molecule has 2 aromatic carbocycles. The Balaban J connectivity index is 2.47. The Morgan fingerprint density at radius 2 is 1.48 bits per heavy atom. The van der Waals surface area contributed by atoms with Crippen LogP contribution in [0.4, 0.5) is 18.9 Å². The highest BCUT2D eigenvalue weighted by Gasteiger charge is 2.32. The van der Waals surface area contributed by atoms with E-state index in [1.807, 2.05) is 0 Å². The minimum atomic E-state index is -4.70. The molecule has 0 atom stereocenters. The third-order valence-electron chi connectivity index (χ3n) is 2.66. The predicted molar refractivity (Wildman–Crippen MR) is 83.7 cm³/mol. The van der Waals surface area contributed by atoms with Crippen LogP contribution in [0.3, 0.4) is 0 Å². The Bertz CT molecular complexity index is 834. The van der Waals surface area contributed by atoms with Crippen molar-refractivity contribution in [3.63, 3.8) is 0 Å². The summed E-state index contributed by atoms with van der Waals surface area (Å²) in [6, 6.07) is 5.90. The number of hydrogen-bond donors (Lipinski definition) is 1. The van der Waals surface area contributed by atoms with E-state index in [1.54, 1.807) is 0 Å². The average Bonchev–Trinajstić information content (AvgIpc) is 2.35. The summed E-state index contributed by atoms with van der Waals surface area (Å²) in [6.07, 6.45) is -4.70. The Hall–Kier alpha value is -1.15. The molecule has 0 saturated heterocycles. The summed E-state index contributed by atoms with van der Waals surface area (Å²) in [6.45, 7) is 0. The third kappa shape index (κ3) is 4.44. The van der Waals surface area contributed by atoms with Crippen molar-refractivity contribution in [1.29, 1.82) is 0 Å². The van der Waals surface area contributed by atoms with Crippen LogP contribution in [-0.4, -0.2) is 8.42 Å². The molecule has 0 amide bonds. The molecule has 0 aromatic heterocycles. The lowest BCUT2D eigenvalue weighted by molar-refractivity contribution is -0.137. The van der Waals surface area contributed by atoms with Gasteiger partial charge >= 0.3 is 6.18 Å². The SMILES string of the molecule is O=S(=O)(Nc1cc(Cl)cc(Cl)c1)c1cc(C(F)(F)F)ccc1Cl. The van der Waals surface area contributed by atoms with Crippen LogP contribution in [0.5, 0.6) is 0 Å². The number of anilines is 1. The summed E-state index contributed by atoms with van der Waals surface area (Å²) < 4.78 is 64.8. The van der Waals surface area contributed by atoms with Crippen molar-refractivity contribution in [2.45, 2.75) is 11.1 Å². The molecule has 0 aliphatic heterocycles. The van der Waals surface area contributed by atoms with Gasteiger partial charge in [-0.3, -0.25) is 4.72 Å². The lowest BCUT2D eigenvalue weighted by atomic mass is 10.2. The van der Waals surface area contributed by atoms with E-state index < -0.39 is 26.7 Å². The molecule has 2 aromatic rings. The average molecular weight is 405 g/mol. The van der Waals surface area contributed by atoms with Gasteiger partial charge in [0.25, 0.3) is 10.0 Å². The van der Waals surface area contributed by atoms with Gasteiger partial charge in [-0.25, -0.2) is 8.42 Å². The van der Waals surface area contributed by atoms with Crippen molar-refractivity contribution in [3.05, 3.63) is 57.0 Å². The highest BCUT2D eigenvalue weighted by molar-refractivity contribution is 7.92. The maximum atomic E-state index is 12.7. The maximum Gasteiger partial charge on any atom is 0.416 e. The third-order valence-corrected chi connectivity index (χ3v) is 4.96. The zero-order valence-electron chi connectivity index (χ0n) is 11.0. The van der Waals surface area contributed by atoms with Gasteiger partial charge < -0.3 is 0 Å². The van der Waals surface area contributed by atoms with Gasteiger partial charge in [0, 0.05) is 10.0 Å². The summed E-state index contributed by atoms with van der Waals surface area (Å²) in [4.78, 5) is -0.704. The molecular formula is C13H7Cl3F3NO2S. The second kappa shape index (κ2) is 6.39. The molecule has 0 heterocycles. The smallest absolute Gasteiger partial charge is 0.279 e. The van der Waals surface area contributed by atoms with Crippen LogP contribution in [-0.2, 0) is 16.2 Å². The molecule has 0 spiro atoms. The van der Waals surface area contributed by atoms with E-state index in [0.717, 1.165) is 6.07 Å². The first-order valence-electron chi connectivity index (χ1n) is 5.85. The van der Waals surface area contributed by atoms with Crippen LogP contribution in [0.1, 0.15) is 5.56 Å². The number of halogens is 6. The van der Waals surface area contributed by atoms with Crippen molar-refractivity contribution >= 4 is 50.5 Å². The Labute approximate surface area is 145 Å². The molecule has 124 valence electrons. The minimum absolute atomic E-state index is 0.00372. The van der Waals surface area contributed by atoms with Crippen LogP contribution < -0.4 is 4.72 Å². The molecule has 0 fully saturated rings. The Morgan fingerprint density at radius 1 is 0.913 bits per heavy atom. The largest absolute Gasteiger partial charge is 0.416 e. The summed E-state index contributed by atoms with van der Waals surface area (Å²) in [5.41, 5.74) is -1.14. The van der Waals surface area contributed by atoms with E-state index in [9.17, 15) is 21.6 Å².